The van der Waals surface area contributed by atoms with Gasteiger partial charge in [0.05, 0.1) is 11.5 Å². The molecule has 0 spiro atoms. The summed E-state index contributed by atoms with van der Waals surface area (Å²) in [7, 11) is 0. The fraction of sp³-hybridized carbons (Fsp3) is 0.286. The van der Waals surface area contributed by atoms with Crippen LogP contribution in [0.25, 0.3) is 5.76 Å². The van der Waals surface area contributed by atoms with Crippen molar-refractivity contribution in [3.63, 3.8) is 0 Å². The molecule has 2 atom stereocenters. The van der Waals surface area contributed by atoms with E-state index in [-0.39, 0.29) is 0 Å². The Bertz CT molecular complexity index is 946. The second-order valence-corrected chi connectivity index (χ2v) is 7.43. The average molecular weight is 393 g/mol. The number of rotatable bonds is 2. The largest absolute Gasteiger partial charge is 0.481 e. The molecular weight excluding hydrogens is 377 g/mol. The van der Waals surface area contributed by atoms with Gasteiger partial charge in [-0.3, -0.25) is 4.79 Å². The van der Waals surface area contributed by atoms with Crippen molar-refractivity contribution in [2.24, 2.45) is 5.92 Å². The van der Waals surface area contributed by atoms with Crippen molar-refractivity contribution in [3.05, 3.63) is 76.4 Å². The van der Waals surface area contributed by atoms with Crippen LogP contribution in [-0.2, 0) is 15.7 Å². The highest BCUT2D eigenvalue weighted by atomic mass is 35.5. The molecule has 1 aliphatic heterocycles. The van der Waals surface area contributed by atoms with Crippen molar-refractivity contribution in [1.82, 2.24) is 0 Å². The lowest BCUT2D eigenvalue weighted by Crippen LogP contribution is -2.44. The summed E-state index contributed by atoms with van der Waals surface area (Å²) in [5, 5.41) is -0.565. The Morgan fingerprint density at radius 3 is 2.67 bits per heavy atom. The summed E-state index contributed by atoms with van der Waals surface area (Å²) in [5.74, 6) is -0.406. The van der Waals surface area contributed by atoms with Gasteiger partial charge in [0.2, 0.25) is 5.24 Å². The lowest BCUT2D eigenvalue weighted by atomic mass is 9.74. The summed E-state index contributed by atoms with van der Waals surface area (Å²) in [4.78, 5) is 12.0. The lowest BCUT2D eigenvalue weighted by molar-refractivity contribution is -0.137. The number of allylic oxidation sites excluding steroid dienone is 4. The number of fused-ring (bicyclic) bond motifs is 1. The van der Waals surface area contributed by atoms with Crippen molar-refractivity contribution in [2.45, 2.75) is 31.5 Å². The molecule has 1 aromatic carbocycles. The van der Waals surface area contributed by atoms with Gasteiger partial charge in [0.25, 0.3) is 0 Å². The number of halogens is 4. The second kappa shape index (κ2) is 6.13. The maximum atomic E-state index is 13.1. The Hall–Kier alpha value is -2.27. The molecule has 1 saturated carbocycles. The molecule has 0 bridgehead atoms. The van der Waals surface area contributed by atoms with Gasteiger partial charge in [0.15, 0.2) is 0 Å². The van der Waals surface area contributed by atoms with Gasteiger partial charge < -0.3 is 4.74 Å². The van der Waals surface area contributed by atoms with Crippen molar-refractivity contribution in [3.8, 4) is 0 Å². The van der Waals surface area contributed by atoms with Crippen molar-refractivity contribution >= 4 is 22.6 Å². The van der Waals surface area contributed by atoms with Crippen LogP contribution < -0.4 is 0 Å². The highest BCUT2D eigenvalue weighted by Gasteiger charge is 2.48. The Morgan fingerprint density at radius 2 is 2.04 bits per heavy atom. The topological polar surface area (TPSA) is 26.3 Å². The molecule has 4 rings (SSSR count). The normalized spacial score (nSPS) is 26.8. The van der Waals surface area contributed by atoms with Gasteiger partial charge in [-0.2, -0.15) is 13.2 Å². The zero-order valence-corrected chi connectivity index (χ0v) is 15.2. The van der Waals surface area contributed by atoms with E-state index in [1.165, 1.54) is 11.6 Å². The highest BCUT2D eigenvalue weighted by molar-refractivity contribution is 6.64. The standard InChI is InChI=1S/C21H16ClF3O2/c1-20-16(6-3-7-17(20)19(22)26)15(12-8-9-12)11-18(27-20)13-4-2-5-14(10-13)21(23,24)25/h2-7,10-11,17H,8-9H2,1H3. The zero-order valence-electron chi connectivity index (χ0n) is 14.4. The molecule has 2 aliphatic carbocycles. The lowest BCUT2D eigenvalue weighted by Gasteiger charge is -2.43. The third kappa shape index (κ3) is 3.14. The minimum atomic E-state index is -4.44. The third-order valence-corrected chi connectivity index (χ3v) is 5.42. The van der Waals surface area contributed by atoms with Crippen LogP contribution in [0.3, 0.4) is 0 Å². The number of ether oxygens (including phenoxy) is 1. The minimum Gasteiger partial charge on any atom is -0.481 e. The third-order valence-electron chi connectivity index (χ3n) is 5.18. The van der Waals surface area contributed by atoms with Crippen molar-refractivity contribution < 1.29 is 22.7 Å². The molecule has 1 aromatic rings. The Kier molecular flexibility index (Phi) is 4.11. The highest BCUT2D eigenvalue weighted by Crippen LogP contribution is 2.50. The van der Waals surface area contributed by atoms with Crippen LogP contribution in [0.15, 0.2) is 65.3 Å². The van der Waals surface area contributed by atoms with E-state index in [4.69, 9.17) is 16.3 Å². The van der Waals surface area contributed by atoms with E-state index in [9.17, 15) is 18.0 Å². The molecule has 2 unspecified atom stereocenters. The first kappa shape index (κ1) is 18.1. The smallest absolute Gasteiger partial charge is 0.416 e. The Morgan fingerprint density at radius 1 is 1.30 bits per heavy atom. The monoisotopic (exact) mass is 392 g/mol. The van der Waals surface area contributed by atoms with Crippen LogP contribution in [0.4, 0.5) is 13.2 Å². The summed E-state index contributed by atoms with van der Waals surface area (Å²) in [5.41, 5.74) is 1.49. The molecule has 1 heterocycles. The van der Waals surface area contributed by atoms with Gasteiger partial charge >= 0.3 is 6.18 Å². The van der Waals surface area contributed by atoms with Gasteiger partial charge in [-0.1, -0.05) is 35.9 Å². The maximum absolute atomic E-state index is 13.1. The summed E-state index contributed by atoms with van der Waals surface area (Å²) in [6.45, 7) is 1.76. The van der Waals surface area contributed by atoms with Crippen LogP contribution in [0.5, 0.6) is 0 Å². The molecule has 3 aliphatic rings. The zero-order chi connectivity index (χ0) is 19.4. The molecule has 0 amide bonds. The fourth-order valence-corrected chi connectivity index (χ4v) is 3.91. The number of alkyl halides is 3. The molecule has 2 nitrogen and oxygen atoms in total. The average Bonchev–Trinajstić information content (AvgIpc) is 3.44. The first-order chi connectivity index (χ1) is 12.7. The molecule has 6 heteroatoms. The van der Waals surface area contributed by atoms with Gasteiger partial charge in [-0.25, -0.2) is 0 Å². The number of carbonyl (C=O) groups is 1. The number of carbonyl (C=O) groups excluding carboxylic acids is 1. The summed E-state index contributed by atoms with van der Waals surface area (Å²) in [6.07, 6.45) is 4.52. The van der Waals surface area contributed by atoms with Gasteiger partial charge in [-0.15, -0.1) is 0 Å². The van der Waals surface area contributed by atoms with E-state index >= 15 is 0 Å². The molecule has 27 heavy (non-hydrogen) atoms. The van der Waals surface area contributed by atoms with Crippen molar-refractivity contribution in [2.75, 3.05) is 0 Å². The molecule has 0 N–H and O–H groups in total. The predicted molar refractivity (Wildman–Crippen MR) is 96.7 cm³/mol. The quantitative estimate of drug-likeness (QED) is 0.594. The van der Waals surface area contributed by atoms with Crippen LogP contribution in [0, 0.1) is 5.92 Å². The molecule has 0 aromatic heterocycles. The molecule has 0 radical (unpaired) electrons. The van der Waals surface area contributed by atoms with E-state index < -0.39 is 28.5 Å². The van der Waals surface area contributed by atoms with Gasteiger partial charge in [0, 0.05) is 11.1 Å². The molecule has 140 valence electrons. The van der Waals surface area contributed by atoms with E-state index in [2.05, 4.69) is 0 Å². The summed E-state index contributed by atoms with van der Waals surface area (Å²) >= 11 is 5.81. The number of benzene rings is 1. The van der Waals surface area contributed by atoms with E-state index in [1.807, 2.05) is 6.08 Å². The van der Waals surface area contributed by atoms with Gasteiger partial charge in [0.1, 0.15) is 11.4 Å². The SMILES string of the molecule is CC12OC(c3cccc(C(F)(F)F)c3)=CC(=C3CC3)C1=CC=CC2C(=O)Cl. The summed E-state index contributed by atoms with van der Waals surface area (Å²) in [6, 6.07) is 5.01. The Balaban J connectivity index is 1.85. The van der Waals surface area contributed by atoms with Gasteiger partial charge in [-0.05, 0) is 55.1 Å². The first-order valence-electron chi connectivity index (χ1n) is 8.59. The summed E-state index contributed by atoms with van der Waals surface area (Å²) < 4.78 is 45.5. The minimum absolute atomic E-state index is 0.313. The second-order valence-electron chi connectivity index (χ2n) is 7.06. The van der Waals surface area contributed by atoms with E-state index in [0.29, 0.717) is 11.3 Å². The first-order valence-corrected chi connectivity index (χ1v) is 8.97. The number of hydrogen-bond donors (Lipinski definition) is 0. The van der Waals surface area contributed by atoms with Crippen molar-refractivity contribution in [1.29, 1.82) is 0 Å². The number of hydrogen-bond acceptors (Lipinski definition) is 2. The van der Waals surface area contributed by atoms with Crippen LogP contribution in [0.2, 0.25) is 0 Å². The molecule has 1 fully saturated rings. The van der Waals surface area contributed by atoms with Crippen LogP contribution >= 0.6 is 11.6 Å². The van der Waals surface area contributed by atoms with E-state index in [0.717, 1.165) is 36.1 Å². The maximum Gasteiger partial charge on any atom is 0.416 e. The van der Waals surface area contributed by atoms with E-state index in [1.54, 1.807) is 31.2 Å². The van der Waals surface area contributed by atoms with Crippen LogP contribution in [0.1, 0.15) is 30.9 Å². The van der Waals surface area contributed by atoms with Crippen LogP contribution in [-0.4, -0.2) is 10.8 Å². The molecular formula is C21H16ClF3O2. The predicted octanol–water partition coefficient (Wildman–Crippen LogP) is 5.80. The Labute approximate surface area is 159 Å². The fourth-order valence-electron chi connectivity index (χ4n) is 3.63. The molecule has 0 saturated heterocycles.